The molecule has 0 aliphatic rings. The van der Waals surface area contributed by atoms with Crippen LogP contribution in [0.5, 0.6) is 0 Å². The summed E-state index contributed by atoms with van der Waals surface area (Å²) in [5, 5.41) is 3.57. The Morgan fingerprint density at radius 2 is 2.00 bits per heavy atom. The molecule has 0 aliphatic heterocycles. The summed E-state index contributed by atoms with van der Waals surface area (Å²) >= 11 is 0. The molecule has 0 bridgehead atoms. The molecule has 82 valence electrons. The van der Waals surface area contributed by atoms with E-state index in [4.69, 9.17) is 10.3 Å². The van der Waals surface area contributed by atoms with E-state index in [1.54, 1.807) is 19.1 Å². The molecule has 5 heteroatoms. The van der Waals surface area contributed by atoms with Gasteiger partial charge in [0.05, 0.1) is 0 Å². The van der Waals surface area contributed by atoms with E-state index >= 15 is 0 Å². The van der Waals surface area contributed by atoms with E-state index in [1.807, 2.05) is 0 Å². The Hall–Kier alpha value is -2.17. The van der Waals surface area contributed by atoms with Crippen LogP contribution in [0.4, 0.5) is 4.39 Å². The monoisotopic (exact) mass is 220 g/mol. The molecule has 1 heterocycles. The molecule has 0 spiro atoms. The van der Waals surface area contributed by atoms with Gasteiger partial charge in [-0.2, -0.15) is 0 Å². The first kappa shape index (κ1) is 10.4. The maximum absolute atomic E-state index is 12.7. The molecule has 0 saturated carbocycles. The van der Waals surface area contributed by atoms with Crippen LogP contribution in [0.3, 0.4) is 0 Å². The minimum absolute atomic E-state index is 0.0966. The summed E-state index contributed by atoms with van der Waals surface area (Å²) < 4.78 is 17.7. The Bertz CT molecular complexity index is 531. The van der Waals surface area contributed by atoms with Gasteiger partial charge in [0, 0.05) is 11.1 Å². The number of carbonyl (C=O) groups excluding carboxylic acids is 1. The lowest BCUT2D eigenvalue weighted by Gasteiger charge is -1.96. The fraction of sp³-hybridized carbons (Fsp3) is 0.0909. The average Bonchev–Trinajstić information content (AvgIpc) is 2.61. The van der Waals surface area contributed by atoms with Crippen molar-refractivity contribution in [3.63, 3.8) is 0 Å². The summed E-state index contributed by atoms with van der Waals surface area (Å²) in [6.45, 7) is 1.68. The number of amides is 1. The van der Waals surface area contributed by atoms with E-state index < -0.39 is 5.91 Å². The van der Waals surface area contributed by atoms with Gasteiger partial charge in [0.1, 0.15) is 5.82 Å². The van der Waals surface area contributed by atoms with E-state index in [1.165, 1.54) is 12.1 Å². The normalized spacial score (nSPS) is 10.4. The molecule has 0 atom stereocenters. The van der Waals surface area contributed by atoms with Gasteiger partial charge in [0.15, 0.2) is 11.5 Å². The number of benzene rings is 1. The standard InChI is InChI=1S/C11H9FN2O2/c1-6-9(11(13)15)14-16-10(6)7-2-4-8(12)5-3-7/h2-5H,1H3,(H2,13,15). The van der Waals surface area contributed by atoms with Crippen LogP contribution in [0.2, 0.25) is 0 Å². The Labute approximate surface area is 90.9 Å². The molecule has 2 N–H and O–H groups in total. The van der Waals surface area contributed by atoms with Gasteiger partial charge in [0.25, 0.3) is 5.91 Å². The van der Waals surface area contributed by atoms with Gasteiger partial charge >= 0.3 is 0 Å². The molecule has 0 radical (unpaired) electrons. The molecule has 0 unspecified atom stereocenters. The lowest BCUT2D eigenvalue weighted by molar-refractivity contribution is 0.0991. The highest BCUT2D eigenvalue weighted by atomic mass is 19.1. The second-order valence-corrected chi connectivity index (χ2v) is 3.36. The zero-order valence-corrected chi connectivity index (χ0v) is 8.53. The maximum Gasteiger partial charge on any atom is 0.271 e. The molecule has 0 aliphatic carbocycles. The fourth-order valence-corrected chi connectivity index (χ4v) is 1.44. The van der Waals surface area contributed by atoms with Gasteiger partial charge in [-0.3, -0.25) is 4.79 Å². The highest BCUT2D eigenvalue weighted by Crippen LogP contribution is 2.25. The minimum Gasteiger partial charge on any atom is -0.364 e. The largest absolute Gasteiger partial charge is 0.364 e. The number of rotatable bonds is 2. The summed E-state index contributed by atoms with van der Waals surface area (Å²) in [5.74, 6) is -0.556. The molecule has 2 rings (SSSR count). The number of primary amides is 1. The quantitative estimate of drug-likeness (QED) is 0.840. The van der Waals surface area contributed by atoms with E-state index in [9.17, 15) is 9.18 Å². The predicted octanol–water partition coefficient (Wildman–Crippen LogP) is 1.89. The van der Waals surface area contributed by atoms with Gasteiger partial charge in [-0.05, 0) is 31.2 Å². The number of aromatic nitrogens is 1. The Balaban J connectivity index is 2.49. The number of nitrogens with two attached hydrogens (primary N) is 1. The average molecular weight is 220 g/mol. The summed E-state index contributed by atoms with van der Waals surface area (Å²) in [6.07, 6.45) is 0. The molecule has 2 aromatic rings. The number of halogens is 1. The van der Waals surface area contributed by atoms with Gasteiger partial charge < -0.3 is 10.3 Å². The van der Waals surface area contributed by atoms with Crippen molar-refractivity contribution in [1.29, 1.82) is 0 Å². The smallest absolute Gasteiger partial charge is 0.271 e. The number of carbonyl (C=O) groups is 1. The van der Waals surface area contributed by atoms with E-state index in [0.717, 1.165) is 0 Å². The SMILES string of the molecule is Cc1c(C(N)=O)noc1-c1ccc(F)cc1. The topological polar surface area (TPSA) is 69.1 Å². The van der Waals surface area contributed by atoms with Crippen molar-refractivity contribution in [2.45, 2.75) is 6.92 Å². The lowest BCUT2D eigenvalue weighted by atomic mass is 10.1. The highest BCUT2D eigenvalue weighted by molar-refractivity contribution is 5.93. The van der Waals surface area contributed by atoms with Crippen LogP contribution < -0.4 is 5.73 Å². The molecule has 4 nitrogen and oxygen atoms in total. The van der Waals surface area contributed by atoms with Crippen molar-refractivity contribution in [2.24, 2.45) is 5.73 Å². The summed E-state index contributed by atoms with van der Waals surface area (Å²) in [7, 11) is 0. The van der Waals surface area contributed by atoms with E-state index in [2.05, 4.69) is 5.16 Å². The second kappa shape index (κ2) is 3.77. The van der Waals surface area contributed by atoms with Crippen LogP contribution in [-0.2, 0) is 0 Å². The molecule has 16 heavy (non-hydrogen) atoms. The Morgan fingerprint density at radius 1 is 1.38 bits per heavy atom. The third kappa shape index (κ3) is 1.67. The first-order valence-electron chi connectivity index (χ1n) is 4.61. The van der Waals surface area contributed by atoms with Gasteiger partial charge in [-0.25, -0.2) is 4.39 Å². The third-order valence-electron chi connectivity index (χ3n) is 2.26. The number of nitrogens with zero attached hydrogens (tertiary/aromatic N) is 1. The zero-order chi connectivity index (χ0) is 11.7. The van der Waals surface area contributed by atoms with Crippen LogP contribution in [0.25, 0.3) is 11.3 Å². The molecule has 1 amide bonds. The minimum atomic E-state index is -0.644. The maximum atomic E-state index is 12.7. The Kier molecular flexibility index (Phi) is 2.44. The van der Waals surface area contributed by atoms with E-state index in [-0.39, 0.29) is 11.5 Å². The van der Waals surface area contributed by atoms with Crippen molar-refractivity contribution in [1.82, 2.24) is 5.16 Å². The summed E-state index contributed by atoms with van der Waals surface area (Å²) in [5.41, 5.74) is 6.41. The van der Waals surface area contributed by atoms with Crippen molar-refractivity contribution in [3.8, 4) is 11.3 Å². The van der Waals surface area contributed by atoms with Crippen molar-refractivity contribution < 1.29 is 13.7 Å². The number of hydrogen-bond donors (Lipinski definition) is 1. The summed E-state index contributed by atoms with van der Waals surface area (Å²) in [4.78, 5) is 11.0. The highest BCUT2D eigenvalue weighted by Gasteiger charge is 2.17. The van der Waals surface area contributed by atoms with E-state index in [0.29, 0.717) is 16.9 Å². The molecular formula is C11H9FN2O2. The van der Waals surface area contributed by atoms with Crippen LogP contribution in [-0.4, -0.2) is 11.1 Å². The van der Waals surface area contributed by atoms with Gasteiger partial charge in [0.2, 0.25) is 0 Å². The first-order chi connectivity index (χ1) is 7.59. The predicted molar refractivity (Wildman–Crippen MR) is 55.2 cm³/mol. The molecule has 1 aromatic heterocycles. The summed E-state index contributed by atoms with van der Waals surface area (Å²) in [6, 6.07) is 5.71. The third-order valence-corrected chi connectivity index (χ3v) is 2.26. The molecule has 1 aromatic carbocycles. The Morgan fingerprint density at radius 3 is 2.50 bits per heavy atom. The lowest BCUT2D eigenvalue weighted by Crippen LogP contribution is -2.12. The van der Waals surface area contributed by atoms with Crippen LogP contribution >= 0.6 is 0 Å². The molecule has 0 fully saturated rings. The molecular weight excluding hydrogens is 211 g/mol. The van der Waals surface area contributed by atoms with Crippen molar-refractivity contribution >= 4 is 5.91 Å². The number of hydrogen-bond acceptors (Lipinski definition) is 3. The zero-order valence-electron chi connectivity index (χ0n) is 8.53. The fourth-order valence-electron chi connectivity index (χ4n) is 1.44. The van der Waals surface area contributed by atoms with Crippen molar-refractivity contribution in [2.75, 3.05) is 0 Å². The van der Waals surface area contributed by atoms with Gasteiger partial charge in [-0.15, -0.1) is 0 Å². The van der Waals surface area contributed by atoms with Crippen LogP contribution in [0, 0.1) is 12.7 Å². The van der Waals surface area contributed by atoms with Crippen LogP contribution in [0.1, 0.15) is 16.1 Å². The second-order valence-electron chi connectivity index (χ2n) is 3.36. The first-order valence-corrected chi connectivity index (χ1v) is 4.61. The molecule has 0 saturated heterocycles. The van der Waals surface area contributed by atoms with Crippen molar-refractivity contribution in [3.05, 3.63) is 41.3 Å². The van der Waals surface area contributed by atoms with Crippen LogP contribution in [0.15, 0.2) is 28.8 Å². The van der Waals surface area contributed by atoms with Gasteiger partial charge in [-0.1, -0.05) is 5.16 Å².